The second-order valence-corrected chi connectivity index (χ2v) is 7.42. The molecular weight excluding hydrogens is 421 g/mol. The van der Waals surface area contributed by atoms with Crippen LogP contribution in [0.25, 0.3) is 5.82 Å². The van der Waals surface area contributed by atoms with E-state index in [-0.39, 0.29) is 5.91 Å². The lowest BCUT2D eigenvalue weighted by Gasteiger charge is -2.23. The smallest absolute Gasteiger partial charge is 0.256 e. The van der Waals surface area contributed by atoms with Gasteiger partial charge in [0.1, 0.15) is 12.1 Å². The van der Waals surface area contributed by atoms with Crippen LogP contribution in [0.1, 0.15) is 21.6 Å². The van der Waals surface area contributed by atoms with Crippen LogP contribution in [-0.2, 0) is 13.1 Å². The van der Waals surface area contributed by atoms with Crippen molar-refractivity contribution in [2.24, 2.45) is 0 Å². The Hall–Kier alpha value is -3.22. The lowest BCUT2D eigenvalue weighted by Crippen LogP contribution is -2.30. The molecule has 1 amide bonds. The van der Waals surface area contributed by atoms with E-state index in [1.807, 2.05) is 24.3 Å². The Bertz CT molecular complexity index is 1130. The van der Waals surface area contributed by atoms with Gasteiger partial charge in [0.2, 0.25) is 0 Å². The van der Waals surface area contributed by atoms with E-state index < -0.39 is 0 Å². The van der Waals surface area contributed by atoms with Crippen LogP contribution in [-0.4, -0.2) is 30.3 Å². The Morgan fingerprint density at radius 2 is 1.87 bits per heavy atom. The lowest BCUT2D eigenvalue weighted by atomic mass is 10.1. The van der Waals surface area contributed by atoms with Crippen LogP contribution in [0.15, 0.2) is 79.6 Å². The molecule has 0 unspecified atom stereocenters. The summed E-state index contributed by atoms with van der Waals surface area (Å²) < 4.78 is 1.77. The molecule has 30 heavy (non-hydrogen) atoms. The van der Waals surface area contributed by atoms with E-state index in [9.17, 15) is 4.79 Å². The minimum Gasteiger partial charge on any atom is -0.328 e. The van der Waals surface area contributed by atoms with E-state index in [0.717, 1.165) is 11.3 Å². The molecule has 3 heterocycles. The Kier molecular flexibility index (Phi) is 6.07. The highest BCUT2D eigenvalue weighted by atomic mass is 35.5. The molecule has 0 atom stereocenters. The molecule has 0 N–H and O–H groups in total. The molecule has 4 rings (SSSR count). The molecule has 0 radical (unpaired) electrons. The Morgan fingerprint density at radius 1 is 0.967 bits per heavy atom. The highest BCUT2D eigenvalue weighted by Gasteiger charge is 2.18. The largest absolute Gasteiger partial charge is 0.328 e. The molecule has 0 aliphatic rings. The fourth-order valence-corrected chi connectivity index (χ4v) is 3.31. The summed E-state index contributed by atoms with van der Waals surface area (Å²) in [4.78, 5) is 27.7. The third kappa shape index (κ3) is 4.67. The number of imidazole rings is 1. The van der Waals surface area contributed by atoms with Gasteiger partial charge < -0.3 is 4.90 Å². The number of aromatic nitrogens is 4. The zero-order chi connectivity index (χ0) is 20.9. The predicted octanol–water partition coefficient (Wildman–Crippen LogP) is 4.81. The summed E-state index contributed by atoms with van der Waals surface area (Å²) in [5.74, 6) is 0.529. The number of amides is 1. The van der Waals surface area contributed by atoms with Crippen LogP contribution < -0.4 is 0 Å². The Morgan fingerprint density at radius 3 is 2.53 bits per heavy atom. The molecule has 0 fully saturated rings. The Labute approximate surface area is 183 Å². The first kappa shape index (κ1) is 20.1. The van der Waals surface area contributed by atoms with Crippen LogP contribution in [0.4, 0.5) is 0 Å². The standard InChI is InChI=1S/C22H17Cl2N5O/c23-19-6-4-16(11-20(19)24)13-29(14-18-3-1-2-8-26-18)22(30)17-5-7-21(27-12-17)28-10-9-25-15-28/h1-12,15H,13-14H2. The molecule has 0 spiro atoms. The van der Waals surface area contributed by atoms with E-state index in [0.29, 0.717) is 34.5 Å². The number of pyridine rings is 2. The van der Waals surface area contributed by atoms with Gasteiger partial charge in [0.25, 0.3) is 5.91 Å². The van der Waals surface area contributed by atoms with Crippen molar-refractivity contribution >= 4 is 29.1 Å². The minimum absolute atomic E-state index is 0.156. The van der Waals surface area contributed by atoms with Crippen LogP contribution >= 0.6 is 23.2 Å². The van der Waals surface area contributed by atoms with Gasteiger partial charge in [-0.1, -0.05) is 35.3 Å². The summed E-state index contributed by atoms with van der Waals surface area (Å²) in [7, 11) is 0. The third-order valence-corrected chi connectivity index (χ3v) is 5.23. The van der Waals surface area contributed by atoms with Gasteiger partial charge in [0, 0.05) is 31.3 Å². The van der Waals surface area contributed by atoms with Gasteiger partial charge >= 0.3 is 0 Å². The molecule has 0 saturated carbocycles. The fourth-order valence-electron chi connectivity index (χ4n) is 2.99. The van der Waals surface area contributed by atoms with Crippen LogP contribution in [0.2, 0.25) is 10.0 Å². The molecule has 6 nitrogen and oxygen atoms in total. The van der Waals surface area contributed by atoms with E-state index in [4.69, 9.17) is 23.2 Å². The zero-order valence-corrected chi connectivity index (χ0v) is 17.3. The van der Waals surface area contributed by atoms with E-state index in [1.165, 1.54) is 0 Å². The SMILES string of the molecule is O=C(c1ccc(-n2ccnc2)nc1)N(Cc1ccc(Cl)c(Cl)c1)Cc1ccccn1. The monoisotopic (exact) mass is 437 g/mol. The number of halogens is 2. The number of hydrogen-bond donors (Lipinski definition) is 0. The molecule has 0 aliphatic heterocycles. The van der Waals surface area contributed by atoms with Crippen molar-refractivity contribution < 1.29 is 4.79 Å². The highest BCUT2D eigenvalue weighted by molar-refractivity contribution is 6.42. The van der Waals surface area contributed by atoms with E-state index in [2.05, 4.69) is 15.0 Å². The second kappa shape index (κ2) is 9.07. The molecule has 8 heteroatoms. The van der Waals surface area contributed by atoms with Crippen molar-refractivity contribution in [2.75, 3.05) is 0 Å². The molecular formula is C22H17Cl2N5O. The van der Waals surface area contributed by atoms with Crippen LogP contribution in [0, 0.1) is 0 Å². The van der Waals surface area contributed by atoms with Gasteiger partial charge in [-0.25, -0.2) is 9.97 Å². The summed E-state index contributed by atoms with van der Waals surface area (Å²) in [6.07, 6.45) is 8.39. The van der Waals surface area contributed by atoms with Crippen molar-refractivity contribution in [1.82, 2.24) is 24.4 Å². The number of benzene rings is 1. The number of hydrogen-bond acceptors (Lipinski definition) is 4. The summed E-state index contributed by atoms with van der Waals surface area (Å²) in [5, 5.41) is 0.924. The van der Waals surface area contributed by atoms with Crippen molar-refractivity contribution in [2.45, 2.75) is 13.1 Å². The lowest BCUT2D eigenvalue weighted by molar-refractivity contribution is 0.0727. The summed E-state index contributed by atoms with van der Waals surface area (Å²) in [6.45, 7) is 0.707. The first-order chi connectivity index (χ1) is 14.6. The molecule has 0 bridgehead atoms. The molecule has 3 aromatic heterocycles. The summed E-state index contributed by atoms with van der Waals surface area (Å²) in [6, 6.07) is 14.5. The van der Waals surface area contributed by atoms with Crippen LogP contribution in [0.3, 0.4) is 0 Å². The van der Waals surface area contributed by atoms with Gasteiger partial charge in [-0.05, 0) is 42.0 Å². The Balaban J connectivity index is 1.60. The number of carbonyl (C=O) groups is 1. The quantitative estimate of drug-likeness (QED) is 0.434. The maximum Gasteiger partial charge on any atom is 0.256 e. The number of rotatable bonds is 6. The first-order valence-electron chi connectivity index (χ1n) is 9.17. The van der Waals surface area contributed by atoms with Gasteiger partial charge in [-0.3, -0.25) is 14.3 Å². The topological polar surface area (TPSA) is 63.9 Å². The van der Waals surface area contributed by atoms with Gasteiger partial charge in [-0.15, -0.1) is 0 Å². The molecule has 4 aromatic rings. The fraction of sp³-hybridized carbons (Fsp3) is 0.0909. The number of carbonyl (C=O) groups excluding carboxylic acids is 1. The molecule has 0 aliphatic carbocycles. The molecule has 1 aromatic carbocycles. The maximum absolute atomic E-state index is 13.3. The average Bonchev–Trinajstić information content (AvgIpc) is 3.31. The predicted molar refractivity (Wildman–Crippen MR) is 116 cm³/mol. The highest BCUT2D eigenvalue weighted by Crippen LogP contribution is 2.24. The zero-order valence-electron chi connectivity index (χ0n) is 15.8. The second-order valence-electron chi connectivity index (χ2n) is 6.61. The molecule has 150 valence electrons. The van der Waals surface area contributed by atoms with Crippen LogP contribution in [0.5, 0.6) is 0 Å². The van der Waals surface area contributed by atoms with Crippen molar-refractivity contribution in [1.29, 1.82) is 0 Å². The third-order valence-electron chi connectivity index (χ3n) is 4.49. The van der Waals surface area contributed by atoms with Gasteiger partial charge in [-0.2, -0.15) is 0 Å². The van der Waals surface area contributed by atoms with Gasteiger partial charge in [0.05, 0.1) is 27.8 Å². The summed E-state index contributed by atoms with van der Waals surface area (Å²) >= 11 is 12.2. The van der Waals surface area contributed by atoms with E-state index in [1.54, 1.807) is 64.8 Å². The normalized spacial score (nSPS) is 10.7. The van der Waals surface area contributed by atoms with Gasteiger partial charge in [0.15, 0.2) is 0 Å². The maximum atomic E-state index is 13.3. The van der Waals surface area contributed by atoms with Crippen molar-refractivity contribution in [3.8, 4) is 5.82 Å². The average molecular weight is 438 g/mol. The number of nitrogens with zero attached hydrogens (tertiary/aromatic N) is 5. The molecule has 0 saturated heterocycles. The first-order valence-corrected chi connectivity index (χ1v) is 9.93. The van der Waals surface area contributed by atoms with E-state index >= 15 is 0 Å². The van der Waals surface area contributed by atoms with Crippen molar-refractivity contribution in [3.05, 3.63) is 107 Å². The van der Waals surface area contributed by atoms with Crippen molar-refractivity contribution in [3.63, 3.8) is 0 Å². The summed E-state index contributed by atoms with van der Waals surface area (Å²) in [5.41, 5.74) is 2.14. The minimum atomic E-state index is -0.156.